The molecular formula is C16H19ClN6. The highest BCUT2D eigenvalue weighted by molar-refractivity contribution is 6.29. The fraction of sp³-hybridized carbons (Fsp3) is 0.312. The van der Waals surface area contributed by atoms with Crippen LogP contribution in [0.3, 0.4) is 0 Å². The molecule has 0 aliphatic carbocycles. The third-order valence-electron chi connectivity index (χ3n) is 4.14. The minimum atomic E-state index is 0.260. The van der Waals surface area contributed by atoms with Crippen LogP contribution in [0.2, 0.25) is 5.15 Å². The normalized spacial score (nSPS) is 12.7. The maximum Gasteiger partial charge on any atom is 0.138 e. The van der Waals surface area contributed by atoms with E-state index in [2.05, 4.69) is 46.1 Å². The lowest BCUT2D eigenvalue weighted by Gasteiger charge is -2.25. The molecule has 0 N–H and O–H groups in total. The molecule has 0 unspecified atom stereocenters. The van der Waals surface area contributed by atoms with E-state index in [-0.39, 0.29) is 6.04 Å². The molecule has 2 aromatic heterocycles. The predicted molar refractivity (Wildman–Crippen MR) is 89.5 cm³/mol. The Balaban J connectivity index is 1.72. The van der Waals surface area contributed by atoms with Gasteiger partial charge < -0.3 is 4.57 Å². The molecule has 2 heterocycles. The van der Waals surface area contributed by atoms with Crippen molar-refractivity contribution in [2.24, 2.45) is 7.05 Å². The molecule has 3 aromatic rings. The van der Waals surface area contributed by atoms with E-state index in [9.17, 15) is 0 Å². The second-order valence-electron chi connectivity index (χ2n) is 5.58. The van der Waals surface area contributed by atoms with Crippen molar-refractivity contribution in [3.63, 3.8) is 0 Å². The first-order valence-electron chi connectivity index (χ1n) is 7.37. The number of imidazole rings is 1. The lowest BCUT2D eigenvalue weighted by atomic mass is 10.1. The minimum Gasteiger partial charge on any atom is -0.321 e. The maximum absolute atomic E-state index is 6.04. The van der Waals surface area contributed by atoms with Crippen molar-refractivity contribution < 1.29 is 0 Å². The summed E-state index contributed by atoms with van der Waals surface area (Å²) in [6.45, 7) is 2.91. The Hall–Kier alpha value is -2.18. The smallest absolute Gasteiger partial charge is 0.138 e. The zero-order valence-corrected chi connectivity index (χ0v) is 14.1. The Morgan fingerprint density at radius 2 is 2.00 bits per heavy atom. The van der Waals surface area contributed by atoms with E-state index in [0.717, 1.165) is 18.1 Å². The first-order valence-corrected chi connectivity index (χ1v) is 7.75. The summed E-state index contributed by atoms with van der Waals surface area (Å²) in [7, 11) is 4.01. The van der Waals surface area contributed by atoms with Gasteiger partial charge in [-0.3, -0.25) is 4.90 Å². The minimum absolute atomic E-state index is 0.260. The molecule has 0 aliphatic rings. The summed E-state index contributed by atoms with van der Waals surface area (Å²) in [5, 5.41) is 4.79. The Kier molecular flexibility index (Phi) is 4.45. The molecule has 23 heavy (non-hydrogen) atoms. The second-order valence-corrected chi connectivity index (χ2v) is 5.97. The second kappa shape index (κ2) is 6.52. The topological polar surface area (TPSA) is 51.8 Å². The van der Waals surface area contributed by atoms with Gasteiger partial charge in [-0.25, -0.2) is 14.6 Å². The average molecular weight is 331 g/mol. The summed E-state index contributed by atoms with van der Waals surface area (Å²) < 4.78 is 3.65. The van der Waals surface area contributed by atoms with Crippen LogP contribution in [-0.2, 0) is 13.6 Å². The Morgan fingerprint density at radius 1 is 1.26 bits per heavy atom. The van der Waals surface area contributed by atoms with Crippen molar-refractivity contribution in [1.82, 2.24) is 29.2 Å². The van der Waals surface area contributed by atoms with E-state index in [1.165, 1.54) is 11.9 Å². The third kappa shape index (κ3) is 3.28. The number of hydrogen-bond acceptors (Lipinski definition) is 4. The SMILES string of the molecule is C[C@H](c1ccc(-n2cncn2)cc1)N(C)Cc1ncc(Cl)n1C. The molecule has 1 atom stereocenters. The number of rotatable bonds is 5. The van der Waals surface area contributed by atoms with Gasteiger partial charge >= 0.3 is 0 Å². The molecule has 1 aromatic carbocycles. The van der Waals surface area contributed by atoms with Crippen LogP contribution in [-0.4, -0.2) is 36.3 Å². The van der Waals surface area contributed by atoms with E-state index in [0.29, 0.717) is 5.15 Å². The zero-order valence-electron chi connectivity index (χ0n) is 13.4. The molecular weight excluding hydrogens is 312 g/mol. The first kappa shape index (κ1) is 15.7. The zero-order chi connectivity index (χ0) is 16.4. The van der Waals surface area contributed by atoms with Crippen LogP contribution in [0.4, 0.5) is 0 Å². The molecule has 0 saturated carbocycles. The first-order chi connectivity index (χ1) is 11.1. The predicted octanol–water partition coefficient (Wildman–Crippen LogP) is 2.85. The molecule has 0 amide bonds. The summed E-state index contributed by atoms with van der Waals surface area (Å²) in [4.78, 5) is 10.6. The van der Waals surface area contributed by atoms with Gasteiger partial charge in [0.25, 0.3) is 0 Å². The van der Waals surface area contributed by atoms with E-state index < -0.39 is 0 Å². The average Bonchev–Trinajstić information content (AvgIpc) is 3.20. The molecule has 7 heteroatoms. The van der Waals surface area contributed by atoms with Gasteiger partial charge in [-0.1, -0.05) is 23.7 Å². The van der Waals surface area contributed by atoms with Gasteiger partial charge in [-0.05, 0) is 31.7 Å². The summed E-state index contributed by atoms with van der Waals surface area (Å²) in [6.07, 6.45) is 4.90. The van der Waals surface area contributed by atoms with Gasteiger partial charge in [0.15, 0.2) is 0 Å². The Bertz CT molecular complexity index is 762. The highest BCUT2D eigenvalue weighted by Crippen LogP contribution is 2.22. The number of hydrogen-bond donors (Lipinski definition) is 0. The summed E-state index contributed by atoms with van der Waals surface area (Å²) in [6, 6.07) is 8.58. The molecule has 0 saturated heterocycles. The number of benzene rings is 1. The van der Waals surface area contributed by atoms with Crippen LogP contribution >= 0.6 is 11.6 Å². The van der Waals surface area contributed by atoms with Crippen LogP contribution in [0.15, 0.2) is 43.1 Å². The Labute approximate surface area is 140 Å². The van der Waals surface area contributed by atoms with Crippen LogP contribution in [0.5, 0.6) is 0 Å². The number of nitrogens with zero attached hydrogens (tertiary/aromatic N) is 6. The number of aromatic nitrogens is 5. The van der Waals surface area contributed by atoms with Gasteiger partial charge in [0, 0.05) is 13.1 Å². The highest BCUT2D eigenvalue weighted by Gasteiger charge is 2.15. The van der Waals surface area contributed by atoms with Crippen molar-refractivity contribution >= 4 is 11.6 Å². The lowest BCUT2D eigenvalue weighted by molar-refractivity contribution is 0.244. The largest absolute Gasteiger partial charge is 0.321 e. The van der Waals surface area contributed by atoms with E-state index in [4.69, 9.17) is 11.6 Å². The quantitative estimate of drug-likeness (QED) is 0.722. The molecule has 120 valence electrons. The maximum atomic E-state index is 6.04. The van der Waals surface area contributed by atoms with Crippen LogP contribution in [0.25, 0.3) is 5.69 Å². The molecule has 0 aliphatic heterocycles. The van der Waals surface area contributed by atoms with Crippen molar-refractivity contribution in [3.8, 4) is 5.69 Å². The van der Waals surface area contributed by atoms with Crippen LogP contribution < -0.4 is 0 Å². The van der Waals surface area contributed by atoms with Gasteiger partial charge in [0.1, 0.15) is 23.6 Å². The number of halogens is 1. The van der Waals surface area contributed by atoms with Crippen molar-refractivity contribution in [2.75, 3.05) is 7.05 Å². The molecule has 0 spiro atoms. The molecule has 0 fully saturated rings. The van der Waals surface area contributed by atoms with Crippen molar-refractivity contribution in [1.29, 1.82) is 0 Å². The van der Waals surface area contributed by atoms with E-state index in [1.54, 1.807) is 17.2 Å². The fourth-order valence-corrected chi connectivity index (χ4v) is 2.58. The molecule has 0 radical (unpaired) electrons. The monoisotopic (exact) mass is 330 g/mol. The highest BCUT2D eigenvalue weighted by atomic mass is 35.5. The van der Waals surface area contributed by atoms with E-state index in [1.807, 2.05) is 23.7 Å². The van der Waals surface area contributed by atoms with Crippen LogP contribution in [0.1, 0.15) is 24.4 Å². The lowest BCUT2D eigenvalue weighted by Crippen LogP contribution is -2.23. The van der Waals surface area contributed by atoms with Crippen LogP contribution in [0, 0.1) is 0 Å². The molecule has 3 rings (SSSR count). The summed E-state index contributed by atoms with van der Waals surface area (Å²) >= 11 is 6.04. The van der Waals surface area contributed by atoms with Gasteiger partial charge in [0.05, 0.1) is 18.4 Å². The summed E-state index contributed by atoms with van der Waals surface area (Å²) in [5.74, 6) is 0.948. The van der Waals surface area contributed by atoms with Crippen molar-refractivity contribution in [2.45, 2.75) is 19.5 Å². The standard InChI is InChI=1S/C16H19ClN6/c1-12(21(2)9-16-19-8-15(17)22(16)3)13-4-6-14(7-5-13)23-11-18-10-20-23/h4-8,10-12H,9H2,1-3H3/t12-/m1/s1. The Morgan fingerprint density at radius 3 is 2.57 bits per heavy atom. The van der Waals surface area contributed by atoms with Gasteiger partial charge in [-0.2, -0.15) is 5.10 Å². The van der Waals surface area contributed by atoms with Gasteiger partial charge in [0.2, 0.25) is 0 Å². The van der Waals surface area contributed by atoms with E-state index >= 15 is 0 Å². The summed E-state index contributed by atoms with van der Waals surface area (Å²) in [5.41, 5.74) is 2.23. The molecule has 0 bridgehead atoms. The molecule has 6 nitrogen and oxygen atoms in total. The van der Waals surface area contributed by atoms with Crippen molar-refractivity contribution in [3.05, 3.63) is 59.7 Å². The van der Waals surface area contributed by atoms with Gasteiger partial charge in [-0.15, -0.1) is 0 Å². The third-order valence-corrected chi connectivity index (χ3v) is 4.49. The fourth-order valence-electron chi connectivity index (χ4n) is 2.43.